The molecule has 1 aliphatic rings. The number of carbonyl (C=O) groups is 1. The largest absolute Gasteiger partial charge is 0.338 e. The van der Waals surface area contributed by atoms with Gasteiger partial charge in [-0.1, -0.05) is 6.92 Å². The van der Waals surface area contributed by atoms with E-state index in [4.69, 9.17) is 0 Å². The molecular weight excluding hydrogens is 298 g/mol. The van der Waals surface area contributed by atoms with Crippen molar-refractivity contribution in [3.05, 3.63) is 27.1 Å². The van der Waals surface area contributed by atoms with Crippen molar-refractivity contribution in [2.24, 2.45) is 13.0 Å². The first-order chi connectivity index (χ1) is 10.5. The second-order valence-electron chi connectivity index (χ2n) is 6.09. The van der Waals surface area contributed by atoms with Crippen molar-refractivity contribution in [2.45, 2.75) is 33.1 Å². The van der Waals surface area contributed by atoms with Gasteiger partial charge in [-0.15, -0.1) is 11.3 Å². The molecular formula is C16H21N3O2S. The van der Waals surface area contributed by atoms with Crippen LogP contribution in [0.3, 0.4) is 0 Å². The van der Waals surface area contributed by atoms with Crippen LogP contribution in [0.2, 0.25) is 0 Å². The summed E-state index contributed by atoms with van der Waals surface area (Å²) in [4.78, 5) is 32.7. The fourth-order valence-corrected chi connectivity index (χ4v) is 3.82. The molecule has 0 aliphatic heterocycles. The van der Waals surface area contributed by atoms with E-state index >= 15 is 0 Å². The molecule has 0 bridgehead atoms. The van der Waals surface area contributed by atoms with Crippen LogP contribution >= 0.6 is 11.3 Å². The molecule has 2 heterocycles. The summed E-state index contributed by atoms with van der Waals surface area (Å²) in [5.41, 5.74) is 0.692. The number of rotatable bonds is 5. The number of carbonyl (C=O) groups excluding carboxylic acids is 1. The van der Waals surface area contributed by atoms with Gasteiger partial charge in [-0.25, -0.2) is 4.98 Å². The Balaban J connectivity index is 2.00. The first-order valence-corrected chi connectivity index (χ1v) is 8.58. The highest BCUT2D eigenvalue weighted by Crippen LogP contribution is 2.32. The third-order valence-electron chi connectivity index (χ3n) is 4.16. The number of fused-ring (bicyclic) bond motifs is 1. The van der Waals surface area contributed by atoms with Crippen LogP contribution in [0.15, 0.2) is 11.1 Å². The summed E-state index contributed by atoms with van der Waals surface area (Å²) in [5.74, 6) is 0.715. The Labute approximate surface area is 133 Å². The second kappa shape index (κ2) is 5.83. The molecule has 0 spiro atoms. The predicted octanol–water partition coefficient (Wildman–Crippen LogP) is 2.57. The molecule has 2 aromatic heterocycles. The lowest BCUT2D eigenvalue weighted by Gasteiger charge is -2.21. The number of thiophene rings is 1. The van der Waals surface area contributed by atoms with E-state index < -0.39 is 0 Å². The van der Waals surface area contributed by atoms with Crippen molar-refractivity contribution < 1.29 is 4.79 Å². The Morgan fingerprint density at radius 2 is 2.23 bits per heavy atom. The third-order valence-corrected chi connectivity index (χ3v) is 5.35. The molecule has 1 fully saturated rings. The number of aryl methyl sites for hydroxylation is 2. The molecule has 0 aromatic carbocycles. The maximum atomic E-state index is 12.9. The van der Waals surface area contributed by atoms with Crippen molar-refractivity contribution >= 4 is 27.5 Å². The van der Waals surface area contributed by atoms with Gasteiger partial charge in [0, 0.05) is 20.1 Å². The zero-order chi connectivity index (χ0) is 15.9. The summed E-state index contributed by atoms with van der Waals surface area (Å²) >= 11 is 1.34. The van der Waals surface area contributed by atoms with Gasteiger partial charge in [-0.05, 0) is 37.7 Å². The van der Waals surface area contributed by atoms with Crippen LogP contribution in [-0.4, -0.2) is 33.4 Å². The van der Waals surface area contributed by atoms with Crippen LogP contribution in [0.5, 0.6) is 0 Å². The molecule has 118 valence electrons. The summed E-state index contributed by atoms with van der Waals surface area (Å²) < 4.78 is 1.46. The standard InChI is InChI=1S/C16H21N3O2S/c1-4-7-19(8-11-5-6-11)16(21)13-10(2)12-14(22-13)17-9-18(3)15(12)20/h9,11H,4-8H2,1-3H3. The summed E-state index contributed by atoms with van der Waals surface area (Å²) in [7, 11) is 1.68. The van der Waals surface area contributed by atoms with E-state index in [9.17, 15) is 9.59 Å². The molecule has 0 atom stereocenters. The molecule has 2 aromatic rings. The fraction of sp³-hybridized carbons (Fsp3) is 0.562. The van der Waals surface area contributed by atoms with Gasteiger partial charge in [0.05, 0.1) is 16.6 Å². The maximum Gasteiger partial charge on any atom is 0.264 e. The minimum absolute atomic E-state index is 0.0521. The van der Waals surface area contributed by atoms with Crippen molar-refractivity contribution in [3.8, 4) is 0 Å². The van der Waals surface area contributed by atoms with Gasteiger partial charge in [0.15, 0.2) is 0 Å². The Bertz CT molecular complexity index is 774. The second-order valence-corrected chi connectivity index (χ2v) is 7.09. The average Bonchev–Trinajstić information content (AvgIpc) is 3.24. The van der Waals surface area contributed by atoms with Crippen LogP contribution in [-0.2, 0) is 7.05 Å². The van der Waals surface area contributed by atoms with E-state index in [1.165, 1.54) is 35.1 Å². The first kappa shape index (κ1) is 15.2. The topological polar surface area (TPSA) is 55.2 Å². The monoisotopic (exact) mass is 319 g/mol. The van der Waals surface area contributed by atoms with E-state index in [0.29, 0.717) is 21.0 Å². The number of hydrogen-bond acceptors (Lipinski definition) is 4. The van der Waals surface area contributed by atoms with Crippen molar-refractivity contribution in [2.75, 3.05) is 13.1 Å². The number of nitrogens with zero attached hydrogens (tertiary/aromatic N) is 3. The molecule has 1 aliphatic carbocycles. The summed E-state index contributed by atoms with van der Waals surface area (Å²) in [6.07, 6.45) is 4.91. The van der Waals surface area contributed by atoms with Gasteiger partial charge in [-0.3, -0.25) is 9.59 Å². The number of amides is 1. The van der Waals surface area contributed by atoms with E-state index in [1.54, 1.807) is 7.05 Å². The number of aromatic nitrogens is 2. The van der Waals surface area contributed by atoms with E-state index in [2.05, 4.69) is 11.9 Å². The fourth-order valence-electron chi connectivity index (χ4n) is 2.71. The molecule has 3 rings (SSSR count). The predicted molar refractivity (Wildman–Crippen MR) is 88.5 cm³/mol. The minimum atomic E-state index is -0.0814. The Morgan fingerprint density at radius 3 is 2.86 bits per heavy atom. The van der Waals surface area contributed by atoms with Crippen molar-refractivity contribution in [1.29, 1.82) is 0 Å². The summed E-state index contributed by atoms with van der Waals surface area (Å²) in [6, 6.07) is 0. The number of hydrogen-bond donors (Lipinski definition) is 0. The molecule has 0 saturated heterocycles. The zero-order valence-electron chi connectivity index (χ0n) is 13.3. The molecule has 0 N–H and O–H groups in total. The molecule has 0 unspecified atom stereocenters. The van der Waals surface area contributed by atoms with Crippen LogP contribution < -0.4 is 5.56 Å². The highest BCUT2D eigenvalue weighted by molar-refractivity contribution is 7.20. The SMILES string of the molecule is CCCN(CC1CC1)C(=O)c1sc2ncn(C)c(=O)c2c1C. The quantitative estimate of drug-likeness (QED) is 0.851. The van der Waals surface area contributed by atoms with Crippen LogP contribution in [0, 0.1) is 12.8 Å². The maximum absolute atomic E-state index is 12.9. The van der Waals surface area contributed by atoms with Gasteiger partial charge < -0.3 is 9.47 Å². The highest BCUT2D eigenvalue weighted by Gasteiger charge is 2.29. The molecule has 6 heteroatoms. The Morgan fingerprint density at radius 1 is 1.50 bits per heavy atom. The Kier molecular flexibility index (Phi) is 4.04. The van der Waals surface area contributed by atoms with Gasteiger partial charge in [0.2, 0.25) is 0 Å². The van der Waals surface area contributed by atoms with Crippen LogP contribution in [0.4, 0.5) is 0 Å². The summed E-state index contributed by atoms with van der Waals surface area (Å²) in [5, 5.41) is 0.584. The zero-order valence-corrected chi connectivity index (χ0v) is 14.1. The van der Waals surface area contributed by atoms with E-state index in [0.717, 1.165) is 25.1 Å². The molecule has 5 nitrogen and oxygen atoms in total. The Hall–Kier alpha value is -1.69. The lowest BCUT2D eigenvalue weighted by molar-refractivity contribution is 0.0752. The lowest BCUT2D eigenvalue weighted by Crippen LogP contribution is -2.33. The first-order valence-electron chi connectivity index (χ1n) is 7.77. The molecule has 0 radical (unpaired) electrons. The smallest absolute Gasteiger partial charge is 0.264 e. The van der Waals surface area contributed by atoms with Gasteiger partial charge in [0.25, 0.3) is 11.5 Å². The summed E-state index contributed by atoms with van der Waals surface area (Å²) in [6.45, 7) is 5.55. The van der Waals surface area contributed by atoms with Crippen LogP contribution in [0.25, 0.3) is 10.2 Å². The minimum Gasteiger partial charge on any atom is -0.338 e. The van der Waals surface area contributed by atoms with E-state index in [1.807, 2.05) is 11.8 Å². The van der Waals surface area contributed by atoms with Crippen LogP contribution in [0.1, 0.15) is 41.4 Å². The van der Waals surface area contributed by atoms with Crippen molar-refractivity contribution in [1.82, 2.24) is 14.5 Å². The third kappa shape index (κ3) is 2.67. The van der Waals surface area contributed by atoms with Gasteiger partial charge in [-0.2, -0.15) is 0 Å². The van der Waals surface area contributed by atoms with E-state index in [-0.39, 0.29) is 11.5 Å². The lowest BCUT2D eigenvalue weighted by atomic mass is 10.2. The van der Waals surface area contributed by atoms with Gasteiger partial charge >= 0.3 is 0 Å². The molecule has 22 heavy (non-hydrogen) atoms. The van der Waals surface area contributed by atoms with Crippen molar-refractivity contribution in [3.63, 3.8) is 0 Å². The molecule has 1 saturated carbocycles. The van der Waals surface area contributed by atoms with Gasteiger partial charge in [0.1, 0.15) is 4.83 Å². The normalized spacial score (nSPS) is 14.5. The molecule has 1 amide bonds. The average molecular weight is 319 g/mol. The highest BCUT2D eigenvalue weighted by atomic mass is 32.1.